The fourth-order valence-corrected chi connectivity index (χ4v) is 4.37. The third kappa shape index (κ3) is 4.31. The molecule has 2 aromatic carbocycles. The highest BCUT2D eigenvalue weighted by molar-refractivity contribution is 9.11. The minimum Gasteiger partial charge on any atom is -0.506 e. The highest BCUT2D eigenvalue weighted by atomic mass is 79.9. The van der Waals surface area contributed by atoms with E-state index in [-0.39, 0.29) is 30.0 Å². The van der Waals surface area contributed by atoms with Gasteiger partial charge in [-0.15, -0.1) is 0 Å². The number of benzene rings is 2. The van der Waals surface area contributed by atoms with Gasteiger partial charge >= 0.3 is 0 Å². The predicted octanol–water partition coefficient (Wildman–Crippen LogP) is 5.03. The molecule has 2 amide bonds. The Morgan fingerprint density at radius 3 is 2.42 bits per heavy atom. The van der Waals surface area contributed by atoms with Crippen molar-refractivity contribution in [3.63, 3.8) is 0 Å². The lowest BCUT2D eigenvalue weighted by molar-refractivity contribution is -0.123. The van der Waals surface area contributed by atoms with Crippen LogP contribution >= 0.6 is 43.6 Å². The lowest BCUT2D eigenvalue weighted by Gasteiger charge is -2.13. The molecule has 1 heterocycles. The number of imide groups is 1. The molecule has 0 saturated carbocycles. The fraction of sp³-hybridized carbons (Fsp3) is 0.111. The minimum atomic E-state index is -0.350. The van der Waals surface area contributed by atoms with E-state index in [9.17, 15) is 14.7 Å². The molecule has 0 spiro atoms. The van der Waals surface area contributed by atoms with Crippen LogP contribution in [-0.2, 0) is 4.79 Å². The van der Waals surface area contributed by atoms with Crippen molar-refractivity contribution in [2.45, 2.75) is 0 Å². The van der Waals surface area contributed by atoms with Crippen LogP contribution in [0.3, 0.4) is 0 Å². The topological polar surface area (TPSA) is 66.8 Å². The molecule has 0 bridgehead atoms. The van der Waals surface area contributed by atoms with Crippen LogP contribution in [0.4, 0.5) is 4.79 Å². The SMILES string of the molecule is O=C1S/C(=C\c2cc(Br)c(O)c(Br)c2)C(=O)N1CCOc1ccccc1. The lowest BCUT2D eigenvalue weighted by Crippen LogP contribution is -2.32. The Morgan fingerprint density at radius 2 is 1.77 bits per heavy atom. The van der Waals surface area contributed by atoms with Gasteiger partial charge in [0, 0.05) is 0 Å². The van der Waals surface area contributed by atoms with Gasteiger partial charge in [-0.25, -0.2) is 0 Å². The van der Waals surface area contributed by atoms with Gasteiger partial charge in [-0.05, 0) is 79.5 Å². The highest BCUT2D eigenvalue weighted by Crippen LogP contribution is 2.36. The lowest BCUT2D eigenvalue weighted by atomic mass is 10.2. The maximum absolute atomic E-state index is 12.5. The number of thioether (sulfide) groups is 1. The molecule has 2 aromatic rings. The number of amides is 2. The normalized spacial score (nSPS) is 15.8. The van der Waals surface area contributed by atoms with Crippen LogP contribution in [0.5, 0.6) is 11.5 Å². The van der Waals surface area contributed by atoms with E-state index in [4.69, 9.17) is 4.74 Å². The summed E-state index contributed by atoms with van der Waals surface area (Å²) < 4.78 is 6.54. The van der Waals surface area contributed by atoms with Crippen molar-refractivity contribution in [1.82, 2.24) is 4.90 Å². The van der Waals surface area contributed by atoms with Crippen LogP contribution in [-0.4, -0.2) is 34.3 Å². The van der Waals surface area contributed by atoms with Crippen molar-refractivity contribution in [2.24, 2.45) is 0 Å². The molecule has 1 fully saturated rings. The molecule has 1 aliphatic heterocycles. The van der Waals surface area contributed by atoms with E-state index in [0.717, 1.165) is 11.8 Å². The van der Waals surface area contributed by atoms with Gasteiger partial charge in [0.25, 0.3) is 11.1 Å². The van der Waals surface area contributed by atoms with Crippen molar-refractivity contribution in [3.8, 4) is 11.5 Å². The number of phenols is 1. The van der Waals surface area contributed by atoms with Gasteiger partial charge in [-0.1, -0.05) is 18.2 Å². The van der Waals surface area contributed by atoms with Crippen molar-refractivity contribution in [3.05, 3.63) is 61.9 Å². The van der Waals surface area contributed by atoms with Crippen molar-refractivity contribution in [1.29, 1.82) is 0 Å². The fourth-order valence-electron chi connectivity index (χ4n) is 2.28. The van der Waals surface area contributed by atoms with Gasteiger partial charge in [0.05, 0.1) is 20.4 Å². The molecule has 8 heteroatoms. The Morgan fingerprint density at radius 1 is 1.12 bits per heavy atom. The second-order valence-electron chi connectivity index (χ2n) is 5.33. The number of nitrogens with zero attached hydrogens (tertiary/aromatic N) is 1. The molecule has 26 heavy (non-hydrogen) atoms. The molecule has 0 aromatic heterocycles. The molecule has 5 nitrogen and oxygen atoms in total. The maximum atomic E-state index is 12.5. The number of halogens is 2. The number of rotatable bonds is 5. The number of ether oxygens (including phenoxy) is 1. The van der Waals surface area contributed by atoms with Gasteiger partial charge in [-0.2, -0.15) is 0 Å². The number of para-hydroxylation sites is 1. The van der Waals surface area contributed by atoms with Crippen LogP contribution < -0.4 is 4.74 Å². The quantitative estimate of drug-likeness (QED) is 0.585. The number of aromatic hydroxyl groups is 1. The monoisotopic (exact) mass is 497 g/mol. The van der Waals surface area contributed by atoms with Gasteiger partial charge in [-0.3, -0.25) is 14.5 Å². The Bertz CT molecular complexity index is 863. The van der Waals surface area contributed by atoms with Gasteiger partial charge in [0.15, 0.2) is 0 Å². The van der Waals surface area contributed by atoms with E-state index < -0.39 is 0 Å². The molecule has 0 unspecified atom stereocenters. The average molecular weight is 499 g/mol. The Kier molecular flexibility index (Phi) is 6.05. The summed E-state index contributed by atoms with van der Waals surface area (Å²) in [5.74, 6) is 0.416. The molecule has 0 atom stereocenters. The smallest absolute Gasteiger partial charge is 0.293 e. The molecule has 0 aliphatic carbocycles. The summed E-state index contributed by atoms with van der Waals surface area (Å²) in [7, 11) is 0. The van der Waals surface area contributed by atoms with E-state index in [1.165, 1.54) is 4.90 Å². The third-order valence-corrected chi connectivity index (χ3v) is 5.65. The summed E-state index contributed by atoms with van der Waals surface area (Å²) >= 11 is 7.38. The predicted molar refractivity (Wildman–Crippen MR) is 108 cm³/mol. The average Bonchev–Trinajstić information content (AvgIpc) is 2.88. The van der Waals surface area contributed by atoms with Crippen LogP contribution in [0.15, 0.2) is 56.3 Å². The summed E-state index contributed by atoms with van der Waals surface area (Å²) in [6.07, 6.45) is 1.62. The number of phenolic OH excluding ortho intramolecular Hbond substituents is 1. The zero-order chi connectivity index (χ0) is 18.7. The van der Waals surface area contributed by atoms with Crippen molar-refractivity contribution < 1.29 is 19.4 Å². The molecule has 0 radical (unpaired) electrons. The molecular formula is C18H13Br2NO4S. The van der Waals surface area contributed by atoms with Gasteiger partial charge in [0.2, 0.25) is 0 Å². The first-order valence-electron chi connectivity index (χ1n) is 7.57. The molecule has 1 N–H and O–H groups in total. The van der Waals surface area contributed by atoms with E-state index in [1.807, 2.05) is 30.3 Å². The first-order chi connectivity index (χ1) is 12.5. The Hall–Kier alpha value is -1.77. The first kappa shape index (κ1) is 19.0. The van der Waals surface area contributed by atoms with Crippen LogP contribution in [0.2, 0.25) is 0 Å². The minimum absolute atomic E-state index is 0.0771. The molecule has 3 rings (SSSR count). The summed E-state index contributed by atoms with van der Waals surface area (Å²) in [6, 6.07) is 12.6. The van der Waals surface area contributed by atoms with E-state index in [1.54, 1.807) is 18.2 Å². The highest BCUT2D eigenvalue weighted by Gasteiger charge is 2.34. The van der Waals surface area contributed by atoms with E-state index >= 15 is 0 Å². The molecule has 1 aliphatic rings. The first-order valence-corrected chi connectivity index (χ1v) is 9.97. The summed E-state index contributed by atoms with van der Waals surface area (Å²) in [4.78, 5) is 26.1. The summed E-state index contributed by atoms with van der Waals surface area (Å²) in [5, 5.41) is 9.43. The van der Waals surface area contributed by atoms with Gasteiger partial charge < -0.3 is 9.84 Å². The Balaban J connectivity index is 1.68. The zero-order valence-electron chi connectivity index (χ0n) is 13.3. The number of carbonyl (C=O) groups is 2. The largest absolute Gasteiger partial charge is 0.506 e. The number of hydrogen-bond donors (Lipinski definition) is 1. The van der Waals surface area contributed by atoms with Crippen molar-refractivity contribution >= 4 is 60.8 Å². The number of hydrogen-bond acceptors (Lipinski definition) is 5. The summed E-state index contributed by atoms with van der Waals surface area (Å²) in [6.45, 7) is 0.408. The van der Waals surface area contributed by atoms with Crippen molar-refractivity contribution in [2.75, 3.05) is 13.2 Å². The third-order valence-electron chi connectivity index (χ3n) is 3.54. The number of carbonyl (C=O) groups excluding carboxylic acids is 2. The van der Waals surface area contributed by atoms with Crippen LogP contribution in [0.25, 0.3) is 6.08 Å². The molecule has 134 valence electrons. The second-order valence-corrected chi connectivity index (χ2v) is 8.03. The van der Waals surface area contributed by atoms with Gasteiger partial charge in [0.1, 0.15) is 18.1 Å². The maximum Gasteiger partial charge on any atom is 0.293 e. The second kappa shape index (κ2) is 8.28. The van der Waals surface area contributed by atoms with Crippen LogP contribution in [0, 0.1) is 0 Å². The standard InChI is InChI=1S/C18H13Br2NO4S/c19-13-8-11(9-14(20)16(13)22)10-15-17(23)21(18(24)26-15)6-7-25-12-4-2-1-3-5-12/h1-5,8-10,22H,6-7H2/b15-10-. The Labute approximate surface area is 171 Å². The summed E-state index contributed by atoms with van der Waals surface area (Å²) in [5.41, 5.74) is 0.688. The zero-order valence-corrected chi connectivity index (χ0v) is 17.3. The van der Waals surface area contributed by atoms with Crippen LogP contribution in [0.1, 0.15) is 5.56 Å². The molecule has 1 saturated heterocycles. The van der Waals surface area contributed by atoms with E-state index in [2.05, 4.69) is 31.9 Å². The van der Waals surface area contributed by atoms with E-state index in [0.29, 0.717) is 25.2 Å². The molecular weight excluding hydrogens is 486 g/mol.